The average molecular weight is 665 g/mol. The van der Waals surface area contributed by atoms with Crippen LogP contribution >= 0.6 is 0 Å². The second-order valence-corrected chi connectivity index (χ2v) is 13.5. The van der Waals surface area contributed by atoms with Gasteiger partial charge in [0.25, 0.3) is 5.91 Å². The maximum absolute atomic E-state index is 14.5. The zero-order valence-corrected chi connectivity index (χ0v) is 27.3. The number of nitrogens with one attached hydrogen (secondary N) is 1. The monoisotopic (exact) mass is 664 g/mol. The smallest absolute Gasteiger partial charge is 0.379 e. The number of hydrogen-bond donors (Lipinski definition) is 1. The molecule has 48 heavy (non-hydrogen) atoms. The van der Waals surface area contributed by atoms with Gasteiger partial charge in [0.15, 0.2) is 0 Å². The zero-order valence-electron chi connectivity index (χ0n) is 27.3. The minimum absolute atomic E-state index is 0.0210. The SMILES string of the molecule is Cc1cn(CCNc2cc(C3(Cc4nncn4C)COC3)cc(N3Cc4c(cc(CN5CCCC(C)C5)cc4C(F)(F)F)C3=O)n2)nn1. The van der Waals surface area contributed by atoms with Crippen molar-refractivity contribution in [3.63, 3.8) is 0 Å². The van der Waals surface area contributed by atoms with E-state index in [2.05, 4.69) is 37.6 Å². The number of hydrogen-bond acceptors (Lipinski definition) is 9. The fourth-order valence-corrected chi connectivity index (χ4v) is 7.03. The molecule has 0 saturated carbocycles. The van der Waals surface area contributed by atoms with Crippen LogP contribution in [0.5, 0.6) is 0 Å². The van der Waals surface area contributed by atoms with Crippen molar-refractivity contribution in [3.8, 4) is 0 Å². The number of nitrogens with zero attached hydrogens (tertiary/aromatic N) is 9. The average Bonchev–Trinajstić information content (AvgIpc) is 3.72. The minimum atomic E-state index is -4.61. The predicted molar refractivity (Wildman–Crippen MR) is 170 cm³/mol. The summed E-state index contributed by atoms with van der Waals surface area (Å²) in [6.45, 7) is 7.58. The highest BCUT2D eigenvalue weighted by Crippen LogP contribution is 2.42. The number of likely N-dealkylation sites (tertiary alicyclic amines) is 1. The standard InChI is InChI=1S/C33H39F3N10O2/c1-21-5-4-7-44(14-21)16-23-9-25-26(27(10-23)33(34,35)36)17-46(31(25)47)29-12-24(32(18-48-19-32)13-30-41-38-20-43(30)3)11-28(39-29)37-6-8-45-15-22(2)40-42-45/h9-12,15,20-21H,4-8,13-14,16-19H2,1-3H3,(H,37,39). The number of carbonyl (C=O) groups is 1. The first-order valence-corrected chi connectivity index (χ1v) is 16.3. The highest BCUT2D eigenvalue weighted by molar-refractivity contribution is 6.10. The Kier molecular flexibility index (Phi) is 8.44. The van der Waals surface area contributed by atoms with E-state index in [-0.39, 0.29) is 23.5 Å². The molecule has 0 spiro atoms. The molecule has 12 nitrogen and oxygen atoms in total. The lowest BCUT2D eigenvalue weighted by Gasteiger charge is -2.42. The van der Waals surface area contributed by atoms with Gasteiger partial charge in [-0.2, -0.15) is 13.2 Å². The van der Waals surface area contributed by atoms with Crippen molar-refractivity contribution in [1.29, 1.82) is 0 Å². The van der Waals surface area contributed by atoms with Crippen molar-refractivity contribution in [2.75, 3.05) is 43.1 Å². The second-order valence-electron chi connectivity index (χ2n) is 13.5. The van der Waals surface area contributed by atoms with Crippen LogP contribution in [0.3, 0.4) is 0 Å². The molecule has 3 aliphatic rings. The molecule has 7 rings (SSSR count). The Morgan fingerprint density at radius 1 is 1.15 bits per heavy atom. The number of fused-ring (bicyclic) bond motifs is 1. The van der Waals surface area contributed by atoms with Crippen molar-refractivity contribution in [2.45, 2.75) is 64.3 Å². The van der Waals surface area contributed by atoms with Gasteiger partial charge in [-0.15, -0.1) is 15.3 Å². The van der Waals surface area contributed by atoms with Gasteiger partial charge < -0.3 is 14.6 Å². The highest BCUT2D eigenvalue weighted by Gasteiger charge is 2.44. The normalized spacial score (nSPS) is 19.4. The van der Waals surface area contributed by atoms with Gasteiger partial charge >= 0.3 is 6.18 Å². The van der Waals surface area contributed by atoms with Gasteiger partial charge in [0.1, 0.15) is 23.8 Å². The molecule has 3 aromatic heterocycles. The second kappa shape index (κ2) is 12.6. The van der Waals surface area contributed by atoms with Crippen LogP contribution in [0.15, 0.2) is 36.8 Å². The third kappa shape index (κ3) is 6.40. The molecule has 0 bridgehead atoms. The fourth-order valence-electron chi connectivity index (χ4n) is 7.03. The van der Waals surface area contributed by atoms with Crippen molar-refractivity contribution < 1.29 is 22.7 Å². The van der Waals surface area contributed by atoms with E-state index in [1.807, 2.05) is 30.8 Å². The lowest BCUT2D eigenvalue weighted by atomic mass is 9.75. The zero-order chi connectivity index (χ0) is 33.6. The molecule has 1 atom stereocenters. The Labute approximate surface area is 276 Å². The summed E-state index contributed by atoms with van der Waals surface area (Å²) >= 11 is 0. The molecule has 4 aromatic rings. The summed E-state index contributed by atoms with van der Waals surface area (Å²) in [7, 11) is 1.87. The van der Waals surface area contributed by atoms with E-state index in [0.717, 1.165) is 43.0 Å². The molecule has 1 N–H and O–H groups in total. The summed E-state index contributed by atoms with van der Waals surface area (Å²) < 4.78 is 52.9. The van der Waals surface area contributed by atoms with E-state index in [0.29, 0.717) is 56.6 Å². The van der Waals surface area contributed by atoms with Crippen LogP contribution in [-0.4, -0.2) is 78.4 Å². The number of carbonyl (C=O) groups excluding carboxylic acids is 1. The van der Waals surface area contributed by atoms with E-state index in [9.17, 15) is 18.0 Å². The third-order valence-electron chi connectivity index (χ3n) is 9.61. The van der Waals surface area contributed by atoms with Crippen LogP contribution < -0.4 is 10.2 Å². The van der Waals surface area contributed by atoms with Crippen LogP contribution in [0.2, 0.25) is 0 Å². The fraction of sp³-hybridized carbons (Fsp3) is 0.515. The molecule has 2 fully saturated rings. The van der Waals surface area contributed by atoms with Crippen LogP contribution in [0.1, 0.15) is 63.9 Å². The van der Waals surface area contributed by atoms with Crippen LogP contribution in [-0.2, 0) is 49.4 Å². The van der Waals surface area contributed by atoms with Gasteiger partial charge in [0.2, 0.25) is 0 Å². The van der Waals surface area contributed by atoms with Gasteiger partial charge in [-0.1, -0.05) is 12.1 Å². The molecule has 3 aliphatic heterocycles. The quantitative estimate of drug-likeness (QED) is 0.267. The number of aromatic nitrogens is 7. The topological polar surface area (TPSA) is 119 Å². The first-order valence-electron chi connectivity index (χ1n) is 16.3. The van der Waals surface area contributed by atoms with Crippen molar-refractivity contribution in [3.05, 3.63) is 76.1 Å². The molecule has 1 amide bonds. The maximum atomic E-state index is 14.5. The number of aryl methyl sites for hydroxylation is 2. The summed E-state index contributed by atoms with van der Waals surface area (Å²) in [5.74, 6) is 1.51. The van der Waals surface area contributed by atoms with E-state index < -0.39 is 23.1 Å². The third-order valence-corrected chi connectivity index (χ3v) is 9.61. The highest BCUT2D eigenvalue weighted by atomic mass is 19.4. The molecule has 0 aliphatic carbocycles. The number of piperidine rings is 1. The summed E-state index contributed by atoms with van der Waals surface area (Å²) in [5.41, 5.74) is 0.948. The van der Waals surface area contributed by atoms with E-state index >= 15 is 0 Å². The Balaban J connectivity index is 1.23. The number of pyridine rings is 1. The molecule has 2 saturated heterocycles. The Hall–Kier alpha value is -4.37. The molecular formula is C33H39F3N10O2. The first-order chi connectivity index (χ1) is 23.0. The maximum Gasteiger partial charge on any atom is 0.416 e. The molecule has 254 valence electrons. The summed E-state index contributed by atoms with van der Waals surface area (Å²) in [4.78, 5) is 22.4. The lowest BCUT2D eigenvalue weighted by molar-refractivity contribution is -0.138. The van der Waals surface area contributed by atoms with Gasteiger partial charge in [0, 0.05) is 50.3 Å². The van der Waals surface area contributed by atoms with E-state index in [1.54, 1.807) is 23.1 Å². The number of alkyl halides is 3. The Bertz CT molecular complexity index is 1820. The molecule has 1 unspecified atom stereocenters. The number of amides is 1. The van der Waals surface area contributed by atoms with Crippen molar-refractivity contribution in [1.82, 2.24) is 39.6 Å². The first kappa shape index (κ1) is 32.2. The molecular weight excluding hydrogens is 625 g/mol. The molecule has 15 heteroatoms. The van der Waals surface area contributed by atoms with Gasteiger partial charge in [-0.25, -0.2) is 4.98 Å². The van der Waals surface area contributed by atoms with Crippen LogP contribution in [0.4, 0.5) is 24.8 Å². The predicted octanol–water partition coefficient (Wildman–Crippen LogP) is 4.14. The van der Waals surface area contributed by atoms with Crippen molar-refractivity contribution in [2.24, 2.45) is 13.0 Å². The minimum Gasteiger partial charge on any atom is -0.379 e. The summed E-state index contributed by atoms with van der Waals surface area (Å²) in [6, 6.07) is 6.59. The number of halogens is 3. The van der Waals surface area contributed by atoms with Crippen LogP contribution in [0, 0.1) is 12.8 Å². The van der Waals surface area contributed by atoms with E-state index in [1.165, 1.54) is 11.0 Å². The number of benzene rings is 1. The number of ether oxygens (including phenoxy) is 1. The van der Waals surface area contributed by atoms with Crippen molar-refractivity contribution >= 4 is 17.5 Å². The van der Waals surface area contributed by atoms with Gasteiger partial charge in [0.05, 0.1) is 37.6 Å². The van der Waals surface area contributed by atoms with E-state index in [4.69, 9.17) is 9.72 Å². The largest absolute Gasteiger partial charge is 0.416 e. The van der Waals surface area contributed by atoms with Gasteiger partial charge in [-0.05, 0) is 73.2 Å². The lowest BCUT2D eigenvalue weighted by Crippen LogP contribution is -2.49. The van der Waals surface area contributed by atoms with Crippen LogP contribution in [0.25, 0.3) is 0 Å². The molecule has 0 radical (unpaired) electrons. The number of anilines is 2. The summed E-state index contributed by atoms with van der Waals surface area (Å²) in [5, 5.41) is 19.7. The molecule has 1 aromatic carbocycles. The number of rotatable bonds is 10. The summed E-state index contributed by atoms with van der Waals surface area (Å²) in [6.07, 6.45) is 1.49. The Morgan fingerprint density at radius 3 is 2.65 bits per heavy atom. The molecule has 6 heterocycles. The van der Waals surface area contributed by atoms with Gasteiger partial charge in [-0.3, -0.25) is 19.3 Å². The Morgan fingerprint density at radius 2 is 1.98 bits per heavy atom.